The van der Waals surface area contributed by atoms with Crippen LogP contribution >= 0.6 is 15.9 Å². The van der Waals surface area contributed by atoms with Gasteiger partial charge in [-0.2, -0.15) is 5.10 Å². The highest BCUT2D eigenvalue weighted by atomic mass is 79.9. The standard InChI is InChI=1S/C13H24BrN3/c1-6-10-12(14)11(17(8-3)16-10)9-15-13(4,5)7-2/h15H,6-9H2,1-5H3. The third kappa shape index (κ3) is 3.55. The molecule has 0 amide bonds. The fraction of sp³-hybridized carbons (Fsp3) is 0.769. The predicted molar refractivity (Wildman–Crippen MR) is 76.2 cm³/mol. The minimum atomic E-state index is 0.175. The topological polar surface area (TPSA) is 29.9 Å². The van der Waals surface area contributed by atoms with Crippen LogP contribution in [0.5, 0.6) is 0 Å². The van der Waals surface area contributed by atoms with Gasteiger partial charge in [0.25, 0.3) is 0 Å². The Hall–Kier alpha value is -0.350. The number of aryl methyl sites for hydroxylation is 2. The molecule has 1 aromatic rings. The van der Waals surface area contributed by atoms with Gasteiger partial charge in [-0.3, -0.25) is 4.68 Å². The Balaban J connectivity index is 2.86. The maximum absolute atomic E-state index is 4.60. The highest BCUT2D eigenvalue weighted by Crippen LogP contribution is 2.23. The van der Waals surface area contributed by atoms with Crippen molar-refractivity contribution in [2.24, 2.45) is 0 Å². The molecule has 1 heterocycles. The molecule has 4 heteroatoms. The van der Waals surface area contributed by atoms with E-state index in [-0.39, 0.29) is 5.54 Å². The van der Waals surface area contributed by atoms with Gasteiger partial charge in [0.2, 0.25) is 0 Å². The average Bonchev–Trinajstić information content (AvgIpc) is 2.63. The van der Waals surface area contributed by atoms with Crippen molar-refractivity contribution in [1.82, 2.24) is 15.1 Å². The monoisotopic (exact) mass is 301 g/mol. The second-order valence-electron chi connectivity index (χ2n) is 4.97. The third-order valence-corrected chi connectivity index (χ3v) is 4.23. The van der Waals surface area contributed by atoms with Gasteiger partial charge in [-0.25, -0.2) is 0 Å². The molecular weight excluding hydrogens is 278 g/mol. The van der Waals surface area contributed by atoms with Gasteiger partial charge in [-0.15, -0.1) is 0 Å². The van der Waals surface area contributed by atoms with Crippen LogP contribution in [0.4, 0.5) is 0 Å². The first-order chi connectivity index (χ1) is 7.95. The van der Waals surface area contributed by atoms with Crippen molar-refractivity contribution in [2.45, 2.75) is 66.1 Å². The number of halogens is 1. The summed E-state index contributed by atoms with van der Waals surface area (Å²) < 4.78 is 3.25. The van der Waals surface area contributed by atoms with E-state index in [1.54, 1.807) is 0 Å². The Bertz CT molecular complexity index is 369. The summed E-state index contributed by atoms with van der Waals surface area (Å²) in [6.07, 6.45) is 2.09. The second kappa shape index (κ2) is 6.01. The van der Waals surface area contributed by atoms with Crippen LogP contribution in [0.25, 0.3) is 0 Å². The van der Waals surface area contributed by atoms with Crippen LogP contribution in [0.15, 0.2) is 4.47 Å². The number of nitrogens with zero attached hydrogens (tertiary/aromatic N) is 2. The Morgan fingerprint density at radius 2 is 1.94 bits per heavy atom. The lowest BCUT2D eigenvalue weighted by atomic mass is 10.0. The van der Waals surface area contributed by atoms with E-state index >= 15 is 0 Å². The first-order valence-electron chi connectivity index (χ1n) is 6.44. The Morgan fingerprint density at radius 1 is 1.29 bits per heavy atom. The zero-order valence-electron chi connectivity index (χ0n) is 11.6. The quantitative estimate of drug-likeness (QED) is 0.871. The SMILES string of the molecule is CCc1nn(CC)c(CNC(C)(C)CC)c1Br. The molecule has 0 aliphatic heterocycles. The van der Waals surface area contributed by atoms with E-state index in [4.69, 9.17) is 0 Å². The lowest BCUT2D eigenvalue weighted by Crippen LogP contribution is -2.38. The predicted octanol–water partition coefficient (Wildman–Crippen LogP) is 3.51. The van der Waals surface area contributed by atoms with Crippen LogP contribution in [0.3, 0.4) is 0 Å². The molecule has 0 saturated carbocycles. The van der Waals surface area contributed by atoms with Crippen molar-refractivity contribution in [3.05, 3.63) is 15.9 Å². The summed E-state index contributed by atoms with van der Waals surface area (Å²) in [5, 5.41) is 8.19. The molecule has 0 fully saturated rings. The lowest BCUT2D eigenvalue weighted by Gasteiger charge is -2.24. The summed E-state index contributed by atoms with van der Waals surface area (Å²) in [4.78, 5) is 0. The molecule has 0 spiro atoms. The van der Waals surface area contributed by atoms with Crippen molar-refractivity contribution in [3.63, 3.8) is 0 Å². The molecule has 1 N–H and O–H groups in total. The highest BCUT2D eigenvalue weighted by molar-refractivity contribution is 9.10. The number of hydrogen-bond donors (Lipinski definition) is 1. The number of aromatic nitrogens is 2. The molecular formula is C13H24BrN3. The van der Waals surface area contributed by atoms with E-state index in [2.05, 4.69) is 65.6 Å². The molecule has 0 aromatic carbocycles. The Labute approximate surface area is 113 Å². The summed E-state index contributed by atoms with van der Waals surface area (Å²) in [6.45, 7) is 12.7. The van der Waals surface area contributed by atoms with Crippen molar-refractivity contribution in [3.8, 4) is 0 Å². The van der Waals surface area contributed by atoms with Crippen molar-refractivity contribution in [1.29, 1.82) is 0 Å². The minimum Gasteiger partial charge on any atom is -0.306 e. The Morgan fingerprint density at radius 3 is 2.41 bits per heavy atom. The van der Waals surface area contributed by atoms with Gasteiger partial charge in [0.05, 0.1) is 15.9 Å². The van der Waals surface area contributed by atoms with Gasteiger partial charge < -0.3 is 5.32 Å². The van der Waals surface area contributed by atoms with Gasteiger partial charge in [0, 0.05) is 18.6 Å². The zero-order chi connectivity index (χ0) is 13.1. The first-order valence-corrected chi connectivity index (χ1v) is 7.23. The van der Waals surface area contributed by atoms with Crippen LogP contribution in [0.2, 0.25) is 0 Å². The van der Waals surface area contributed by atoms with Crippen LogP contribution in [0.1, 0.15) is 52.4 Å². The molecule has 0 radical (unpaired) electrons. The van der Waals surface area contributed by atoms with Crippen molar-refractivity contribution < 1.29 is 0 Å². The fourth-order valence-corrected chi connectivity index (χ4v) is 2.34. The molecule has 17 heavy (non-hydrogen) atoms. The third-order valence-electron chi connectivity index (χ3n) is 3.31. The van der Waals surface area contributed by atoms with Gasteiger partial charge in [-0.05, 0) is 49.5 Å². The van der Waals surface area contributed by atoms with E-state index in [1.165, 1.54) is 10.2 Å². The maximum Gasteiger partial charge on any atom is 0.0767 e. The summed E-state index contributed by atoms with van der Waals surface area (Å²) in [6, 6.07) is 0. The van der Waals surface area contributed by atoms with E-state index in [9.17, 15) is 0 Å². The average molecular weight is 302 g/mol. The molecule has 0 unspecified atom stereocenters. The summed E-state index contributed by atoms with van der Waals surface area (Å²) in [7, 11) is 0. The van der Waals surface area contributed by atoms with Crippen LogP contribution < -0.4 is 5.32 Å². The maximum atomic E-state index is 4.60. The van der Waals surface area contributed by atoms with E-state index in [0.29, 0.717) is 0 Å². The van der Waals surface area contributed by atoms with Gasteiger partial charge in [-0.1, -0.05) is 13.8 Å². The molecule has 0 aliphatic rings. The first kappa shape index (κ1) is 14.7. The minimum absolute atomic E-state index is 0.175. The van der Waals surface area contributed by atoms with Gasteiger partial charge in [0.1, 0.15) is 0 Å². The van der Waals surface area contributed by atoms with Crippen LogP contribution in [-0.2, 0) is 19.5 Å². The summed E-state index contributed by atoms with van der Waals surface area (Å²) in [5.74, 6) is 0. The molecule has 0 aliphatic carbocycles. The summed E-state index contributed by atoms with van der Waals surface area (Å²) >= 11 is 3.67. The number of hydrogen-bond acceptors (Lipinski definition) is 2. The molecule has 0 saturated heterocycles. The smallest absolute Gasteiger partial charge is 0.0767 e. The largest absolute Gasteiger partial charge is 0.306 e. The molecule has 3 nitrogen and oxygen atoms in total. The molecule has 98 valence electrons. The summed E-state index contributed by atoms with van der Waals surface area (Å²) in [5.41, 5.74) is 2.58. The van der Waals surface area contributed by atoms with E-state index in [1.807, 2.05) is 0 Å². The lowest BCUT2D eigenvalue weighted by molar-refractivity contribution is 0.366. The van der Waals surface area contributed by atoms with Crippen LogP contribution in [-0.4, -0.2) is 15.3 Å². The molecule has 0 atom stereocenters. The van der Waals surface area contributed by atoms with E-state index < -0.39 is 0 Å². The highest BCUT2D eigenvalue weighted by Gasteiger charge is 2.18. The normalized spacial score (nSPS) is 12.1. The zero-order valence-corrected chi connectivity index (χ0v) is 13.2. The molecule has 1 rings (SSSR count). The number of nitrogens with one attached hydrogen (secondary N) is 1. The second-order valence-corrected chi connectivity index (χ2v) is 5.76. The van der Waals surface area contributed by atoms with E-state index in [0.717, 1.165) is 31.6 Å². The molecule has 1 aromatic heterocycles. The van der Waals surface area contributed by atoms with Crippen LogP contribution in [0, 0.1) is 0 Å². The van der Waals surface area contributed by atoms with Crippen molar-refractivity contribution in [2.75, 3.05) is 0 Å². The van der Waals surface area contributed by atoms with Gasteiger partial charge in [0.15, 0.2) is 0 Å². The molecule has 0 bridgehead atoms. The Kier molecular flexibility index (Phi) is 5.20. The van der Waals surface area contributed by atoms with Crippen molar-refractivity contribution >= 4 is 15.9 Å². The number of rotatable bonds is 6. The van der Waals surface area contributed by atoms with Gasteiger partial charge >= 0.3 is 0 Å². The fourth-order valence-electron chi connectivity index (χ4n) is 1.63.